The summed E-state index contributed by atoms with van der Waals surface area (Å²) in [5, 5.41) is 0. The van der Waals surface area contributed by atoms with E-state index in [1.807, 2.05) is 13.0 Å². The van der Waals surface area contributed by atoms with Gasteiger partial charge in [0.2, 0.25) is 15.9 Å². The van der Waals surface area contributed by atoms with Gasteiger partial charge in [-0.15, -0.1) is 0 Å². The van der Waals surface area contributed by atoms with Crippen molar-refractivity contribution in [1.82, 2.24) is 4.31 Å². The Bertz CT molecular complexity index is 1130. The molecule has 6 nitrogen and oxygen atoms in total. The predicted molar refractivity (Wildman–Crippen MR) is 127 cm³/mol. The monoisotopic (exact) mass is 505 g/mol. The number of hydrogen-bond acceptors (Lipinski definition) is 4. The van der Waals surface area contributed by atoms with Gasteiger partial charge in [0.05, 0.1) is 4.90 Å². The van der Waals surface area contributed by atoms with Crippen molar-refractivity contribution < 1.29 is 13.2 Å². The molecule has 1 saturated heterocycles. The van der Waals surface area contributed by atoms with E-state index < -0.39 is 10.0 Å². The number of nitrogens with zero attached hydrogens (tertiary/aromatic N) is 3. The fraction of sp³-hybridized carbons (Fsp3) is 0.435. The van der Waals surface area contributed by atoms with Gasteiger partial charge in [-0.25, -0.2) is 8.42 Å². The number of carbonyl (C=O) groups excluding carboxylic acids is 1. The van der Waals surface area contributed by atoms with Crippen LogP contribution in [0.1, 0.15) is 30.0 Å². The second-order valence-corrected chi connectivity index (χ2v) is 11.0. The average molecular weight is 506 g/mol. The number of carbonyl (C=O) groups is 1. The summed E-state index contributed by atoms with van der Waals surface area (Å²) in [5.41, 5.74) is 5.30. The number of halogens is 1. The average Bonchev–Trinajstić information content (AvgIpc) is 3.17. The molecule has 0 aromatic heterocycles. The molecule has 2 aromatic carbocycles. The SMILES string of the molecule is CCC(=O)N1CCc2cc(Br)c(S(=O)(=O)N3CCN(c4cc(C)ccc4C)CC3)cc21. The summed E-state index contributed by atoms with van der Waals surface area (Å²) >= 11 is 3.47. The van der Waals surface area contributed by atoms with Gasteiger partial charge in [-0.3, -0.25) is 4.79 Å². The number of piperazine rings is 1. The fourth-order valence-electron chi connectivity index (χ4n) is 4.40. The van der Waals surface area contributed by atoms with Crippen LogP contribution in [0.3, 0.4) is 0 Å². The van der Waals surface area contributed by atoms with Crippen LogP contribution < -0.4 is 9.80 Å². The van der Waals surface area contributed by atoms with Gasteiger partial charge in [0, 0.05) is 55.0 Å². The Morgan fingerprint density at radius 3 is 2.39 bits per heavy atom. The van der Waals surface area contributed by atoms with E-state index in [1.165, 1.54) is 16.8 Å². The van der Waals surface area contributed by atoms with Crippen LogP contribution in [0.5, 0.6) is 0 Å². The molecule has 0 radical (unpaired) electrons. The number of anilines is 2. The van der Waals surface area contributed by atoms with E-state index in [1.54, 1.807) is 15.3 Å². The molecule has 1 fully saturated rings. The first-order valence-electron chi connectivity index (χ1n) is 10.7. The number of amides is 1. The van der Waals surface area contributed by atoms with E-state index in [-0.39, 0.29) is 10.8 Å². The minimum Gasteiger partial charge on any atom is -0.369 e. The molecule has 8 heteroatoms. The summed E-state index contributed by atoms with van der Waals surface area (Å²) in [7, 11) is -3.67. The number of benzene rings is 2. The maximum atomic E-state index is 13.5. The van der Waals surface area contributed by atoms with Crippen LogP contribution in [0, 0.1) is 13.8 Å². The van der Waals surface area contributed by atoms with Crippen molar-refractivity contribution in [3.05, 3.63) is 51.5 Å². The van der Waals surface area contributed by atoms with Gasteiger partial charge in [0.15, 0.2) is 0 Å². The standard InChI is InChI=1S/C23H28BrN3O3S/c1-4-23(28)27-8-7-18-14-19(24)22(15-21(18)27)31(29,30)26-11-9-25(10-12-26)20-13-16(2)5-6-17(20)3/h5-6,13-15H,4,7-12H2,1-3H3. The van der Waals surface area contributed by atoms with Crippen molar-refractivity contribution in [2.45, 2.75) is 38.5 Å². The molecule has 2 aromatic rings. The van der Waals surface area contributed by atoms with E-state index in [0.717, 1.165) is 17.7 Å². The van der Waals surface area contributed by atoms with E-state index in [4.69, 9.17) is 0 Å². The highest BCUT2D eigenvalue weighted by Gasteiger charge is 2.33. The Morgan fingerprint density at radius 2 is 1.71 bits per heavy atom. The van der Waals surface area contributed by atoms with Crippen molar-refractivity contribution in [3.63, 3.8) is 0 Å². The Morgan fingerprint density at radius 1 is 1.00 bits per heavy atom. The highest BCUT2D eigenvalue weighted by molar-refractivity contribution is 9.10. The molecule has 2 aliphatic heterocycles. The van der Waals surface area contributed by atoms with Gasteiger partial charge in [-0.05, 0) is 71.1 Å². The van der Waals surface area contributed by atoms with Crippen LogP contribution in [0.2, 0.25) is 0 Å². The second kappa shape index (κ2) is 8.56. The molecule has 0 bridgehead atoms. The zero-order chi connectivity index (χ0) is 22.3. The molecule has 31 heavy (non-hydrogen) atoms. The largest absolute Gasteiger partial charge is 0.369 e. The third kappa shape index (κ3) is 4.13. The maximum absolute atomic E-state index is 13.5. The summed E-state index contributed by atoms with van der Waals surface area (Å²) in [6.45, 7) is 8.73. The molecule has 4 rings (SSSR count). The Labute approximate surface area is 193 Å². The van der Waals surface area contributed by atoms with Crippen LogP contribution in [0.25, 0.3) is 0 Å². The van der Waals surface area contributed by atoms with Gasteiger partial charge >= 0.3 is 0 Å². The molecule has 2 aliphatic rings. The van der Waals surface area contributed by atoms with Crippen molar-refractivity contribution in [2.75, 3.05) is 42.5 Å². The summed E-state index contributed by atoms with van der Waals surface area (Å²) in [5.74, 6) is 0.0200. The summed E-state index contributed by atoms with van der Waals surface area (Å²) in [6, 6.07) is 9.90. The van der Waals surface area contributed by atoms with Gasteiger partial charge in [0.25, 0.3) is 0 Å². The minimum absolute atomic E-state index is 0.0200. The molecule has 0 spiro atoms. The summed E-state index contributed by atoms with van der Waals surface area (Å²) in [6.07, 6.45) is 1.15. The first kappa shape index (κ1) is 22.3. The Kier molecular flexibility index (Phi) is 6.16. The number of fused-ring (bicyclic) bond motifs is 1. The van der Waals surface area contributed by atoms with Crippen LogP contribution >= 0.6 is 15.9 Å². The maximum Gasteiger partial charge on any atom is 0.244 e. The number of aryl methyl sites for hydroxylation is 2. The highest BCUT2D eigenvalue weighted by Crippen LogP contribution is 2.37. The molecule has 0 unspecified atom stereocenters. The lowest BCUT2D eigenvalue weighted by molar-refractivity contribution is -0.118. The van der Waals surface area contributed by atoms with Crippen molar-refractivity contribution >= 4 is 43.2 Å². The molecular weight excluding hydrogens is 478 g/mol. The van der Waals surface area contributed by atoms with Crippen molar-refractivity contribution in [3.8, 4) is 0 Å². The number of rotatable bonds is 4. The van der Waals surface area contributed by atoms with E-state index >= 15 is 0 Å². The molecular formula is C23H28BrN3O3S. The smallest absolute Gasteiger partial charge is 0.244 e. The molecule has 166 valence electrons. The third-order valence-corrected chi connectivity index (χ3v) is 9.05. The van der Waals surface area contributed by atoms with Gasteiger partial charge < -0.3 is 9.80 Å². The van der Waals surface area contributed by atoms with Crippen LogP contribution in [0.4, 0.5) is 11.4 Å². The molecule has 0 aliphatic carbocycles. The van der Waals surface area contributed by atoms with Crippen LogP contribution in [-0.2, 0) is 21.2 Å². The minimum atomic E-state index is -3.67. The molecule has 0 N–H and O–H groups in total. The lowest BCUT2D eigenvalue weighted by Crippen LogP contribution is -2.49. The zero-order valence-corrected chi connectivity index (χ0v) is 20.6. The summed E-state index contributed by atoms with van der Waals surface area (Å²) in [4.78, 5) is 16.5. The van der Waals surface area contributed by atoms with Crippen molar-refractivity contribution in [1.29, 1.82) is 0 Å². The zero-order valence-electron chi connectivity index (χ0n) is 18.2. The molecule has 0 atom stereocenters. The van der Waals surface area contributed by atoms with Gasteiger partial charge in [-0.2, -0.15) is 4.31 Å². The fourth-order valence-corrected chi connectivity index (χ4v) is 6.90. The van der Waals surface area contributed by atoms with E-state index in [2.05, 4.69) is 52.9 Å². The highest BCUT2D eigenvalue weighted by atomic mass is 79.9. The Balaban J connectivity index is 1.57. The lowest BCUT2D eigenvalue weighted by atomic mass is 10.1. The molecule has 0 saturated carbocycles. The van der Waals surface area contributed by atoms with E-state index in [9.17, 15) is 13.2 Å². The van der Waals surface area contributed by atoms with Crippen LogP contribution in [-0.4, -0.2) is 51.4 Å². The second-order valence-electron chi connectivity index (χ2n) is 8.24. The van der Waals surface area contributed by atoms with Gasteiger partial charge in [0.1, 0.15) is 0 Å². The quantitative estimate of drug-likeness (QED) is 0.632. The van der Waals surface area contributed by atoms with Gasteiger partial charge in [-0.1, -0.05) is 19.1 Å². The molecule has 2 heterocycles. The lowest BCUT2D eigenvalue weighted by Gasteiger charge is -2.36. The predicted octanol–water partition coefficient (Wildman–Crippen LogP) is 3.88. The number of hydrogen-bond donors (Lipinski definition) is 0. The third-order valence-electron chi connectivity index (χ3n) is 6.19. The van der Waals surface area contributed by atoms with E-state index in [0.29, 0.717) is 43.6 Å². The van der Waals surface area contributed by atoms with Crippen LogP contribution in [0.15, 0.2) is 39.7 Å². The first-order valence-corrected chi connectivity index (χ1v) is 12.9. The van der Waals surface area contributed by atoms with Crippen molar-refractivity contribution in [2.24, 2.45) is 0 Å². The first-order chi connectivity index (χ1) is 14.7. The number of sulfonamides is 1. The topological polar surface area (TPSA) is 60.9 Å². The summed E-state index contributed by atoms with van der Waals surface area (Å²) < 4.78 is 29.1. The molecule has 1 amide bonds. The normalized spacial score (nSPS) is 17.2. The Hall–Kier alpha value is -1.90.